The molecule has 5 aliphatic heterocycles. The molecule has 15 nitrogen and oxygen atoms in total. The van der Waals surface area contributed by atoms with Gasteiger partial charge in [0.25, 0.3) is 17.7 Å². The number of ether oxygens (including phenoxy) is 1. The van der Waals surface area contributed by atoms with Crippen molar-refractivity contribution < 1.29 is 28.7 Å². The van der Waals surface area contributed by atoms with Crippen LogP contribution in [-0.2, 0) is 14.3 Å². The highest BCUT2D eigenvalue weighted by Crippen LogP contribution is 2.34. The third-order valence-electron chi connectivity index (χ3n) is 11.2. The molecular weight excluding hydrogens is 678 g/mol. The van der Waals surface area contributed by atoms with Gasteiger partial charge in [0.15, 0.2) is 11.5 Å². The number of aromatic nitrogens is 2. The lowest BCUT2D eigenvalue weighted by Crippen LogP contribution is -2.54. The van der Waals surface area contributed by atoms with E-state index in [1.165, 1.54) is 5.56 Å². The number of anilines is 4. The van der Waals surface area contributed by atoms with Crippen molar-refractivity contribution >= 4 is 52.5 Å². The Labute approximate surface area is 306 Å². The molecule has 4 N–H and O–H groups in total. The maximum Gasteiger partial charge on any atom is 0.271 e. The van der Waals surface area contributed by atoms with Gasteiger partial charge in [0.05, 0.1) is 30.5 Å². The number of piperidine rings is 2. The first-order chi connectivity index (χ1) is 25.7. The third kappa shape index (κ3) is 7.05. The quantitative estimate of drug-likeness (QED) is 0.275. The summed E-state index contributed by atoms with van der Waals surface area (Å²) in [5, 5.41) is 5.50. The minimum atomic E-state index is -0.969. The maximum atomic E-state index is 13.3. The van der Waals surface area contributed by atoms with E-state index >= 15 is 0 Å². The topological polar surface area (TPSA) is 183 Å². The highest BCUT2D eigenvalue weighted by atomic mass is 16.5. The highest BCUT2D eigenvalue weighted by Gasteiger charge is 2.45. The van der Waals surface area contributed by atoms with Crippen LogP contribution < -0.4 is 26.2 Å². The van der Waals surface area contributed by atoms with Crippen LogP contribution in [0, 0.1) is 5.92 Å². The normalized spacial score (nSPS) is 22.7. The Morgan fingerprint density at radius 2 is 1.64 bits per heavy atom. The second kappa shape index (κ2) is 14.5. The summed E-state index contributed by atoms with van der Waals surface area (Å²) in [6.07, 6.45) is 4.98. The summed E-state index contributed by atoms with van der Waals surface area (Å²) in [5.41, 5.74) is 9.31. The molecule has 1 unspecified atom stereocenters. The van der Waals surface area contributed by atoms with Gasteiger partial charge in [0.1, 0.15) is 11.9 Å². The van der Waals surface area contributed by atoms with Gasteiger partial charge in [0.2, 0.25) is 11.8 Å². The van der Waals surface area contributed by atoms with E-state index in [-0.39, 0.29) is 18.5 Å². The summed E-state index contributed by atoms with van der Waals surface area (Å²) in [6, 6.07) is 12.7. The number of amides is 5. The SMILES string of the molecule is NC(=O)c1ncc(N2CCOCC2)nc1Nc1ccc(C2CCN(C[C@H]3CCN(c4ccc5c(c4)C(=O)N(C4CCC(=O)NC4=O)C5=O)C3)CC2)cc1. The molecule has 6 heterocycles. The number of rotatable bonds is 9. The van der Waals surface area contributed by atoms with Gasteiger partial charge in [0, 0.05) is 50.5 Å². The zero-order valence-electron chi connectivity index (χ0n) is 29.5. The van der Waals surface area contributed by atoms with Crippen molar-refractivity contribution in [1.82, 2.24) is 25.1 Å². The van der Waals surface area contributed by atoms with Crippen molar-refractivity contribution in [2.24, 2.45) is 11.7 Å². The number of carbonyl (C=O) groups is 5. The Morgan fingerprint density at radius 1 is 0.887 bits per heavy atom. The van der Waals surface area contributed by atoms with Gasteiger partial charge in [-0.1, -0.05) is 12.1 Å². The molecule has 4 fully saturated rings. The number of likely N-dealkylation sites (tertiary alicyclic amines) is 1. The lowest BCUT2D eigenvalue weighted by atomic mass is 9.89. The molecule has 53 heavy (non-hydrogen) atoms. The van der Waals surface area contributed by atoms with Gasteiger partial charge in [-0.15, -0.1) is 0 Å². The zero-order chi connectivity index (χ0) is 36.6. The molecular formula is C38H43N9O6. The predicted molar refractivity (Wildman–Crippen MR) is 195 cm³/mol. The van der Waals surface area contributed by atoms with Crippen LogP contribution >= 0.6 is 0 Å². The zero-order valence-corrected chi connectivity index (χ0v) is 29.5. The Balaban J connectivity index is 0.835. The number of nitrogens with one attached hydrogen (secondary N) is 2. The molecule has 0 bridgehead atoms. The molecule has 0 saturated carbocycles. The lowest BCUT2D eigenvalue weighted by Gasteiger charge is -2.34. The van der Waals surface area contributed by atoms with E-state index in [1.54, 1.807) is 18.3 Å². The standard InChI is InChI=1S/C38H43N9O6/c39-34(49)33-35(42-31(20-40-33)45-15-17-53-18-16-45)41-26-3-1-24(2-4-26)25-10-12-44(13-11-25)21-23-9-14-46(22-23)27-5-6-28-29(19-27)38(52)47(37(28)51)30-7-8-32(48)43-36(30)50/h1-6,19-20,23,25,30H,7-18,21-22H2,(H2,39,49)(H,41,42)(H,43,48,50)/t23-,30?/m1/s1. The van der Waals surface area contributed by atoms with Gasteiger partial charge in [-0.3, -0.25) is 34.2 Å². The van der Waals surface area contributed by atoms with Crippen molar-refractivity contribution in [3.05, 3.63) is 71.0 Å². The molecule has 2 aromatic carbocycles. The van der Waals surface area contributed by atoms with Crippen molar-refractivity contribution in [2.75, 3.05) is 74.1 Å². The van der Waals surface area contributed by atoms with E-state index < -0.39 is 35.6 Å². The number of primary amides is 1. The predicted octanol–water partition coefficient (Wildman–Crippen LogP) is 2.26. The first-order valence-electron chi connectivity index (χ1n) is 18.4. The van der Waals surface area contributed by atoms with Gasteiger partial charge in [-0.2, -0.15) is 0 Å². The first kappa shape index (κ1) is 34.7. The van der Waals surface area contributed by atoms with Gasteiger partial charge in [-0.25, -0.2) is 9.97 Å². The summed E-state index contributed by atoms with van der Waals surface area (Å²) in [7, 11) is 0. The fourth-order valence-corrected chi connectivity index (χ4v) is 8.25. The van der Waals surface area contributed by atoms with Gasteiger partial charge in [-0.05, 0) is 86.5 Å². The number of imide groups is 2. The van der Waals surface area contributed by atoms with Crippen LogP contribution in [-0.4, -0.2) is 114 Å². The van der Waals surface area contributed by atoms with Crippen LogP contribution in [0.4, 0.5) is 23.0 Å². The number of hydrogen-bond acceptors (Lipinski definition) is 12. The number of fused-ring (bicyclic) bond motifs is 1. The molecule has 5 amide bonds. The highest BCUT2D eigenvalue weighted by molar-refractivity contribution is 6.23. The molecule has 4 saturated heterocycles. The lowest BCUT2D eigenvalue weighted by molar-refractivity contribution is -0.136. The van der Waals surface area contributed by atoms with Crippen LogP contribution in [0.3, 0.4) is 0 Å². The summed E-state index contributed by atoms with van der Waals surface area (Å²) in [6.45, 7) is 7.39. The number of benzene rings is 2. The number of hydrogen-bond donors (Lipinski definition) is 3. The van der Waals surface area contributed by atoms with Crippen LogP contribution in [0.5, 0.6) is 0 Å². The minimum absolute atomic E-state index is 0.0941. The Hall–Kier alpha value is -5.41. The number of carbonyl (C=O) groups excluding carboxylic acids is 5. The second-order valence-electron chi connectivity index (χ2n) is 14.5. The smallest absolute Gasteiger partial charge is 0.271 e. The second-order valence-corrected chi connectivity index (χ2v) is 14.5. The Kier molecular flexibility index (Phi) is 9.51. The van der Waals surface area contributed by atoms with Crippen LogP contribution in [0.2, 0.25) is 0 Å². The Morgan fingerprint density at radius 3 is 2.38 bits per heavy atom. The largest absolute Gasteiger partial charge is 0.378 e. The summed E-state index contributed by atoms with van der Waals surface area (Å²) in [4.78, 5) is 79.5. The summed E-state index contributed by atoms with van der Waals surface area (Å²) >= 11 is 0. The summed E-state index contributed by atoms with van der Waals surface area (Å²) < 4.78 is 5.45. The molecule has 3 aromatic rings. The number of morpholine rings is 1. The molecule has 0 radical (unpaired) electrons. The van der Waals surface area contributed by atoms with Crippen LogP contribution in [0.25, 0.3) is 0 Å². The summed E-state index contributed by atoms with van der Waals surface area (Å²) in [5.74, 6) is -0.649. The monoisotopic (exact) mass is 721 g/mol. The van der Waals surface area contributed by atoms with E-state index in [4.69, 9.17) is 10.5 Å². The van der Waals surface area contributed by atoms with Crippen LogP contribution in [0.1, 0.15) is 74.8 Å². The van der Waals surface area contributed by atoms with E-state index in [0.717, 1.165) is 68.3 Å². The Bertz CT molecular complexity index is 1940. The van der Waals surface area contributed by atoms with Crippen molar-refractivity contribution in [1.29, 1.82) is 0 Å². The molecule has 1 aromatic heterocycles. The molecule has 8 rings (SSSR count). The van der Waals surface area contributed by atoms with Gasteiger partial charge < -0.3 is 30.5 Å². The third-order valence-corrected chi connectivity index (χ3v) is 11.2. The van der Waals surface area contributed by atoms with E-state index in [0.29, 0.717) is 60.9 Å². The molecule has 2 atom stereocenters. The maximum absolute atomic E-state index is 13.3. The fraction of sp³-hybridized carbons (Fsp3) is 0.447. The molecule has 0 spiro atoms. The first-order valence-corrected chi connectivity index (χ1v) is 18.4. The molecule has 15 heteroatoms. The van der Waals surface area contributed by atoms with E-state index in [2.05, 4.69) is 47.4 Å². The van der Waals surface area contributed by atoms with Crippen LogP contribution in [0.15, 0.2) is 48.7 Å². The van der Waals surface area contributed by atoms with E-state index in [1.807, 2.05) is 18.2 Å². The van der Waals surface area contributed by atoms with Gasteiger partial charge >= 0.3 is 0 Å². The molecule has 5 aliphatic rings. The number of nitrogens with zero attached hydrogens (tertiary/aromatic N) is 6. The molecule has 0 aliphatic carbocycles. The molecule has 276 valence electrons. The van der Waals surface area contributed by atoms with Crippen molar-refractivity contribution in [3.8, 4) is 0 Å². The van der Waals surface area contributed by atoms with Crippen molar-refractivity contribution in [2.45, 2.75) is 44.1 Å². The minimum Gasteiger partial charge on any atom is -0.378 e. The number of nitrogens with two attached hydrogens (primary N) is 1. The fourth-order valence-electron chi connectivity index (χ4n) is 8.25. The average Bonchev–Trinajstić information content (AvgIpc) is 3.74. The van der Waals surface area contributed by atoms with E-state index in [9.17, 15) is 24.0 Å². The van der Waals surface area contributed by atoms with Crippen molar-refractivity contribution in [3.63, 3.8) is 0 Å². The average molecular weight is 722 g/mol.